The second-order valence-corrected chi connectivity index (χ2v) is 8.47. The highest BCUT2D eigenvalue weighted by Gasteiger charge is 2.51. The van der Waals surface area contributed by atoms with Crippen LogP contribution in [0.15, 0.2) is 61.4 Å². The molecule has 31 heavy (non-hydrogen) atoms. The second-order valence-electron chi connectivity index (χ2n) is 8.47. The molecule has 1 N–H and O–H groups in total. The summed E-state index contributed by atoms with van der Waals surface area (Å²) in [5.74, 6) is 1.72. The molecular formula is C23H23N7O. The van der Waals surface area contributed by atoms with Crippen LogP contribution in [0.5, 0.6) is 0 Å². The van der Waals surface area contributed by atoms with Gasteiger partial charge in [-0.3, -0.25) is 9.36 Å². The molecule has 1 spiro atoms. The van der Waals surface area contributed by atoms with Crippen molar-refractivity contribution in [1.29, 1.82) is 0 Å². The number of aromatic nitrogens is 5. The van der Waals surface area contributed by atoms with Gasteiger partial charge in [0, 0.05) is 61.9 Å². The van der Waals surface area contributed by atoms with Gasteiger partial charge in [0.15, 0.2) is 0 Å². The standard InChI is InChI=1S/C23H23N7O/c31-21-23(6-10-28(21)14-17-13-26-19-4-2-1-3-18(17)19)7-11-29(15-23)20-5-8-25-22(27-20)30-12-9-24-16-30/h1-5,8-9,12-13,16,26H,6-7,10-11,14-15H2. The molecule has 2 aliphatic rings. The maximum atomic E-state index is 13.5. The maximum absolute atomic E-state index is 13.5. The van der Waals surface area contributed by atoms with Gasteiger partial charge < -0.3 is 14.8 Å². The highest BCUT2D eigenvalue weighted by atomic mass is 16.2. The molecule has 3 aromatic heterocycles. The van der Waals surface area contributed by atoms with Gasteiger partial charge >= 0.3 is 0 Å². The molecule has 8 heteroatoms. The fraction of sp³-hybridized carbons (Fsp3) is 0.304. The average molecular weight is 413 g/mol. The number of likely N-dealkylation sites (tertiary alicyclic amines) is 1. The molecule has 0 radical (unpaired) electrons. The van der Waals surface area contributed by atoms with Crippen molar-refractivity contribution in [3.05, 3.63) is 67.0 Å². The topological polar surface area (TPSA) is 82.9 Å². The summed E-state index contributed by atoms with van der Waals surface area (Å²) in [7, 11) is 0. The number of anilines is 1. The summed E-state index contributed by atoms with van der Waals surface area (Å²) in [4.78, 5) is 34.1. The van der Waals surface area contributed by atoms with Crippen LogP contribution in [0.4, 0.5) is 5.82 Å². The molecule has 4 aromatic rings. The monoisotopic (exact) mass is 413 g/mol. The van der Waals surface area contributed by atoms with E-state index in [2.05, 4.69) is 32.0 Å². The quantitative estimate of drug-likeness (QED) is 0.556. The number of amides is 1. The minimum Gasteiger partial charge on any atom is -0.361 e. The van der Waals surface area contributed by atoms with E-state index in [-0.39, 0.29) is 11.3 Å². The number of fused-ring (bicyclic) bond motifs is 1. The third kappa shape index (κ3) is 2.98. The molecule has 5 heterocycles. The number of nitrogens with zero attached hydrogens (tertiary/aromatic N) is 6. The Balaban J connectivity index is 1.20. The number of carbonyl (C=O) groups is 1. The lowest BCUT2D eigenvalue weighted by atomic mass is 9.85. The molecule has 156 valence electrons. The van der Waals surface area contributed by atoms with Crippen molar-refractivity contribution in [2.24, 2.45) is 5.41 Å². The van der Waals surface area contributed by atoms with Crippen LogP contribution in [0.1, 0.15) is 18.4 Å². The van der Waals surface area contributed by atoms with Gasteiger partial charge in [-0.25, -0.2) is 9.97 Å². The third-order valence-electron chi connectivity index (χ3n) is 6.68. The van der Waals surface area contributed by atoms with Crippen molar-refractivity contribution in [3.8, 4) is 5.95 Å². The number of aromatic amines is 1. The van der Waals surface area contributed by atoms with Crippen LogP contribution in [0.2, 0.25) is 0 Å². The highest BCUT2D eigenvalue weighted by Crippen LogP contribution is 2.42. The summed E-state index contributed by atoms with van der Waals surface area (Å²) < 4.78 is 1.79. The van der Waals surface area contributed by atoms with Crippen molar-refractivity contribution in [1.82, 2.24) is 29.4 Å². The van der Waals surface area contributed by atoms with Gasteiger partial charge in [0.05, 0.1) is 5.41 Å². The number of rotatable bonds is 4. The Hall–Kier alpha value is -3.68. The number of imidazole rings is 1. The fourth-order valence-corrected chi connectivity index (χ4v) is 4.98. The summed E-state index contributed by atoms with van der Waals surface area (Å²) in [5, 5.41) is 1.19. The van der Waals surface area contributed by atoms with Crippen molar-refractivity contribution in [2.75, 3.05) is 24.5 Å². The number of H-pyrrole nitrogens is 1. The number of benzene rings is 1. The molecule has 2 fully saturated rings. The Bertz CT molecular complexity index is 1250. The number of nitrogens with one attached hydrogen (secondary N) is 1. The van der Waals surface area contributed by atoms with Gasteiger partial charge in [-0.15, -0.1) is 0 Å². The lowest BCUT2D eigenvalue weighted by molar-refractivity contribution is -0.135. The SMILES string of the molecule is O=C1N(Cc2c[nH]c3ccccc23)CCC12CCN(c1ccnc(-n3ccnc3)n1)C2. The maximum Gasteiger partial charge on any atom is 0.236 e. The molecule has 2 aliphatic heterocycles. The smallest absolute Gasteiger partial charge is 0.236 e. The van der Waals surface area contributed by atoms with E-state index in [9.17, 15) is 4.79 Å². The van der Waals surface area contributed by atoms with E-state index in [1.165, 1.54) is 10.9 Å². The molecule has 6 rings (SSSR count). The predicted octanol–water partition coefficient (Wildman–Crippen LogP) is 2.77. The Kier molecular flexibility index (Phi) is 4.05. The molecule has 0 aliphatic carbocycles. The van der Waals surface area contributed by atoms with Crippen LogP contribution in [0, 0.1) is 5.41 Å². The van der Waals surface area contributed by atoms with Crippen molar-refractivity contribution < 1.29 is 4.79 Å². The first-order valence-electron chi connectivity index (χ1n) is 10.6. The van der Waals surface area contributed by atoms with E-state index in [0.29, 0.717) is 19.0 Å². The van der Waals surface area contributed by atoms with Crippen molar-refractivity contribution >= 4 is 22.6 Å². The molecule has 2 saturated heterocycles. The summed E-state index contributed by atoms with van der Waals surface area (Å²) in [6.45, 7) is 2.99. The molecular weight excluding hydrogens is 390 g/mol. The largest absolute Gasteiger partial charge is 0.361 e. The van der Waals surface area contributed by atoms with Crippen LogP contribution in [-0.4, -0.2) is 54.9 Å². The molecule has 1 aromatic carbocycles. The normalized spacial score (nSPS) is 21.1. The van der Waals surface area contributed by atoms with Crippen molar-refractivity contribution in [2.45, 2.75) is 19.4 Å². The summed E-state index contributed by atoms with van der Waals surface area (Å²) in [6.07, 6.45) is 10.8. The molecule has 0 saturated carbocycles. The molecule has 1 amide bonds. The molecule has 8 nitrogen and oxygen atoms in total. The zero-order chi connectivity index (χ0) is 20.8. The van der Waals surface area contributed by atoms with E-state index in [0.717, 1.165) is 37.3 Å². The van der Waals surface area contributed by atoms with E-state index >= 15 is 0 Å². The minimum atomic E-state index is -0.313. The first-order chi connectivity index (χ1) is 15.2. The third-order valence-corrected chi connectivity index (χ3v) is 6.68. The van der Waals surface area contributed by atoms with Gasteiger partial charge in [-0.1, -0.05) is 18.2 Å². The van der Waals surface area contributed by atoms with Gasteiger partial charge in [-0.05, 0) is 30.5 Å². The average Bonchev–Trinajstić information content (AvgIpc) is 3.60. The van der Waals surface area contributed by atoms with Crippen LogP contribution in [0.3, 0.4) is 0 Å². The number of hydrogen-bond acceptors (Lipinski definition) is 5. The lowest BCUT2D eigenvalue weighted by Crippen LogP contribution is -2.36. The Morgan fingerprint density at radius 2 is 2.00 bits per heavy atom. The molecule has 0 bridgehead atoms. The molecule has 1 atom stereocenters. The zero-order valence-corrected chi connectivity index (χ0v) is 17.1. The predicted molar refractivity (Wildman–Crippen MR) is 117 cm³/mol. The van der Waals surface area contributed by atoms with E-state index in [4.69, 9.17) is 4.98 Å². The first kappa shape index (κ1) is 18.1. The number of hydrogen-bond donors (Lipinski definition) is 1. The summed E-state index contributed by atoms with van der Waals surface area (Å²) in [5.41, 5.74) is 1.98. The van der Waals surface area contributed by atoms with E-state index in [1.54, 1.807) is 23.3 Å². The van der Waals surface area contributed by atoms with E-state index in [1.807, 2.05) is 35.5 Å². The van der Waals surface area contributed by atoms with Gasteiger partial charge in [0.2, 0.25) is 11.9 Å². The van der Waals surface area contributed by atoms with E-state index < -0.39 is 0 Å². The second kappa shape index (κ2) is 6.94. The zero-order valence-electron chi connectivity index (χ0n) is 17.1. The number of para-hydroxylation sites is 1. The summed E-state index contributed by atoms with van der Waals surface area (Å²) in [6, 6.07) is 10.2. The number of carbonyl (C=O) groups excluding carboxylic acids is 1. The minimum absolute atomic E-state index is 0.268. The summed E-state index contributed by atoms with van der Waals surface area (Å²) >= 11 is 0. The van der Waals surface area contributed by atoms with Crippen LogP contribution in [-0.2, 0) is 11.3 Å². The Morgan fingerprint density at radius 1 is 1.10 bits per heavy atom. The highest BCUT2D eigenvalue weighted by molar-refractivity contribution is 5.88. The van der Waals surface area contributed by atoms with Gasteiger partial charge in [0.1, 0.15) is 12.1 Å². The van der Waals surface area contributed by atoms with Crippen LogP contribution in [0.25, 0.3) is 16.9 Å². The lowest BCUT2D eigenvalue weighted by Gasteiger charge is -2.24. The van der Waals surface area contributed by atoms with Gasteiger partial charge in [0.25, 0.3) is 0 Å². The first-order valence-corrected chi connectivity index (χ1v) is 10.6. The Labute approximate surface area is 179 Å². The van der Waals surface area contributed by atoms with Crippen molar-refractivity contribution in [3.63, 3.8) is 0 Å². The van der Waals surface area contributed by atoms with Crippen LogP contribution >= 0.6 is 0 Å². The van der Waals surface area contributed by atoms with Crippen LogP contribution < -0.4 is 4.90 Å². The van der Waals surface area contributed by atoms with Gasteiger partial charge in [-0.2, -0.15) is 4.98 Å². The fourth-order valence-electron chi connectivity index (χ4n) is 4.98. The molecule has 1 unspecified atom stereocenters. The Morgan fingerprint density at radius 3 is 2.90 bits per heavy atom.